The molecule has 4 rings (SSSR count). The highest BCUT2D eigenvalue weighted by atomic mass is 32.2. The van der Waals surface area contributed by atoms with E-state index in [-0.39, 0.29) is 16.7 Å². The molecule has 0 radical (unpaired) electrons. The minimum absolute atomic E-state index is 0.0445. The van der Waals surface area contributed by atoms with Crippen LogP contribution in [0.15, 0.2) is 46.5 Å². The number of hydrogen-bond acceptors (Lipinski definition) is 7. The van der Waals surface area contributed by atoms with Crippen molar-refractivity contribution in [2.45, 2.75) is 93.9 Å². The number of aliphatic imine (C=N–C) groups is 1. The van der Waals surface area contributed by atoms with Gasteiger partial charge in [0.1, 0.15) is 11.5 Å². The molecule has 0 saturated heterocycles. The summed E-state index contributed by atoms with van der Waals surface area (Å²) in [6, 6.07) is 12.5. The smallest absolute Gasteiger partial charge is 0.288 e. The van der Waals surface area contributed by atoms with Crippen molar-refractivity contribution in [2.75, 3.05) is 24.5 Å². The minimum atomic E-state index is -1.73. The number of aryl methyl sites for hydroxylation is 2. The van der Waals surface area contributed by atoms with Gasteiger partial charge < -0.3 is 9.08 Å². The molecule has 0 saturated carbocycles. The van der Waals surface area contributed by atoms with Crippen LogP contribution in [0.5, 0.6) is 5.75 Å². The van der Waals surface area contributed by atoms with Gasteiger partial charge in [-0.05, 0) is 92.8 Å². The predicted molar refractivity (Wildman–Crippen MR) is 183 cm³/mol. The molecule has 0 spiro atoms. The first-order valence-corrected chi connectivity index (χ1v) is 16.6. The maximum absolute atomic E-state index is 13.0. The zero-order valence-corrected chi connectivity index (χ0v) is 29.1. The molecule has 0 fully saturated rings. The van der Waals surface area contributed by atoms with Gasteiger partial charge in [-0.2, -0.15) is 9.31 Å². The lowest BCUT2D eigenvalue weighted by Crippen LogP contribution is -2.27. The van der Waals surface area contributed by atoms with Gasteiger partial charge in [-0.3, -0.25) is 0 Å². The Hall–Kier alpha value is -3.37. The van der Waals surface area contributed by atoms with E-state index in [4.69, 9.17) is 14.2 Å². The van der Waals surface area contributed by atoms with E-state index in [1.807, 2.05) is 39.0 Å². The van der Waals surface area contributed by atoms with Crippen LogP contribution in [0.2, 0.25) is 0 Å². The van der Waals surface area contributed by atoms with Gasteiger partial charge in [0.05, 0.1) is 11.4 Å². The van der Waals surface area contributed by atoms with Crippen LogP contribution in [0, 0.1) is 19.3 Å². The first-order valence-electron chi connectivity index (χ1n) is 15.5. The molecule has 0 bridgehead atoms. The van der Waals surface area contributed by atoms with Crippen molar-refractivity contribution in [3.63, 3.8) is 0 Å². The number of aromatic nitrogens is 3. The average Bonchev–Trinajstić information content (AvgIpc) is 3.47. The van der Waals surface area contributed by atoms with E-state index in [0.717, 1.165) is 42.0 Å². The van der Waals surface area contributed by atoms with Crippen LogP contribution in [-0.2, 0) is 16.7 Å². The van der Waals surface area contributed by atoms with Crippen LogP contribution in [-0.4, -0.2) is 50.1 Å². The fraction of sp³-hybridized carbons (Fsp3) is 0.529. The van der Waals surface area contributed by atoms with Crippen molar-refractivity contribution in [1.29, 1.82) is 0 Å². The van der Waals surface area contributed by atoms with E-state index in [1.165, 1.54) is 11.3 Å². The average molecular weight is 620 g/mol. The second-order valence-electron chi connectivity index (χ2n) is 13.6. The fourth-order valence-electron chi connectivity index (χ4n) is 5.83. The van der Waals surface area contributed by atoms with E-state index in [2.05, 4.69) is 93.4 Å². The Bertz CT molecular complexity index is 1580. The Kier molecular flexibility index (Phi) is 10.1. The molecule has 2 atom stereocenters. The summed E-state index contributed by atoms with van der Waals surface area (Å²) < 4.78 is 21.8. The van der Waals surface area contributed by atoms with Gasteiger partial charge in [0.2, 0.25) is 5.82 Å². The summed E-state index contributed by atoms with van der Waals surface area (Å²) in [5.41, 5.74) is 6.88. The number of fused-ring (bicyclic) bond motifs is 1. The maximum atomic E-state index is 13.0. The Balaban J connectivity index is 1.43. The fourth-order valence-corrected chi connectivity index (χ4v) is 6.62. The minimum Gasteiger partial charge on any atom is -0.389 e. The molecule has 1 aliphatic heterocycles. The van der Waals surface area contributed by atoms with Gasteiger partial charge in [-0.1, -0.05) is 53.7 Å². The van der Waals surface area contributed by atoms with Crippen LogP contribution in [0.4, 0.5) is 11.4 Å². The summed E-state index contributed by atoms with van der Waals surface area (Å²) in [6.45, 7) is 25.8. The summed E-state index contributed by atoms with van der Waals surface area (Å²) >= 11 is -1.73. The molecule has 44 heavy (non-hydrogen) atoms. The zero-order chi connectivity index (χ0) is 32.4. The van der Waals surface area contributed by atoms with Gasteiger partial charge in [0.25, 0.3) is 11.3 Å². The third kappa shape index (κ3) is 7.82. The Morgan fingerprint density at radius 2 is 1.73 bits per heavy atom. The molecule has 0 aliphatic carbocycles. The predicted octanol–water partition coefficient (Wildman–Crippen LogP) is 7.16. The van der Waals surface area contributed by atoms with Crippen molar-refractivity contribution in [3.05, 3.63) is 64.7 Å². The molecule has 9 nitrogen and oxygen atoms in total. The van der Waals surface area contributed by atoms with Crippen molar-refractivity contribution in [1.82, 2.24) is 19.6 Å². The Morgan fingerprint density at radius 1 is 1.02 bits per heavy atom. The molecule has 0 amide bonds. The lowest BCUT2D eigenvalue weighted by molar-refractivity contribution is 0.284. The van der Waals surface area contributed by atoms with Gasteiger partial charge in [-0.15, -0.1) is 9.89 Å². The molecule has 2 unspecified atom stereocenters. The normalized spacial score (nSPS) is 15.7. The molecule has 1 aliphatic rings. The van der Waals surface area contributed by atoms with Crippen molar-refractivity contribution in [3.8, 4) is 5.75 Å². The van der Waals surface area contributed by atoms with E-state index >= 15 is 0 Å². The quantitative estimate of drug-likeness (QED) is 0.232. The monoisotopic (exact) mass is 619 g/mol. The summed E-state index contributed by atoms with van der Waals surface area (Å²) in [4.78, 5) is 13.6. The standard InChI is InChI=1S/C34H49N7O2S/c1-12-40(13-2)27-16-17-28(23(4)18-27)36-30-25(6)38-41-32(30)37-31(39-41)24(5)20-35-44(42)43-29-19-26(15-14-22(29)3)34(10,11)21-33(7,8)9/h14-19,24,35H,12-13,20-21H2,1-11H3. The van der Waals surface area contributed by atoms with Crippen molar-refractivity contribution >= 4 is 34.1 Å². The molecular weight excluding hydrogens is 570 g/mol. The highest BCUT2D eigenvalue weighted by Crippen LogP contribution is 2.38. The van der Waals surface area contributed by atoms with Gasteiger partial charge >= 0.3 is 0 Å². The van der Waals surface area contributed by atoms with E-state index in [9.17, 15) is 4.21 Å². The second kappa shape index (κ2) is 13.3. The first kappa shape index (κ1) is 33.5. The molecule has 1 N–H and O–H groups in total. The maximum Gasteiger partial charge on any atom is 0.288 e. The third-order valence-electron chi connectivity index (χ3n) is 8.00. The SMILES string of the molecule is CCN(CC)c1ccc(N=C2C(C)=Nn3nc(C(C)CNS(=O)Oc4cc(C(C)(C)CC(C)(C)C)ccc4C)nc32)c(C)c1. The van der Waals surface area contributed by atoms with Gasteiger partial charge in [0.15, 0.2) is 5.82 Å². The largest absolute Gasteiger partial charge is 0.389 e. The van der Waals surface area contributed by atoms with Crippen LogP contribution in [0.25, 0.3) is 0 Å². The molecule has 2 heterocycles. The number of nitrogens with one attached hydrogen (secondary N) is 1. The second-order valence-corrected chi connectivity index (χ2v) is 14.6. The first-order chi connectivity index (χ1) is 20.6. The number of nitrogens with zero attached hydrogens (tertiary/aromatic N) is 6. The zero-order valence-electron chi connectivity index (χ0n) is 28.3. The lowest BCUT2D eigenvalue weighted by Gasteiger charge is -2.33. The molecule has 238 valence electrons. The van der Waals surface area contributed by atoms with Crippen molar-refractivity contribution in [2.24, 2.45) is 15.5 Å². The van der Waals surface area contributed by atoms with Gasteiger partial charge in [-0.25, -0.2) is 14.7 Å². The van der Waals surface area contributed by atoms with E-state index in [1.54, 1.807) is 4.79 Å². The molecule has 3 aromatic rings. The Morgan fingerprint density at radius 3 is 2.36 bits per heavy atom. The molecule has 1 aromatic heterocycles. The van der Waals surface area contributed by atoms with Crippen LogP contribution in [0.3, 0.4) is 0 Å². The number of anilines is 1. The van der Waals surface area contributed by atoms with E-state index in [0.29, 0.717) is 29.7 Å². The summed E-state index contributed by atoms with van der Waals surface area (Å²) in [7, 11) is 0. The highest BCUT2D eigenvalue weighted by molar-refractivity contribution is 7.78. The highest BCUT2D eigenvalue weighted by Gasteiger charge is 2.29. The van der Waals surface area contributed by atoms with Crippen LogP contribution >= 0.6 is 0 Å². The van der Waals surface area contributed by atoms with Crippen LogP contribution in [0.1, 0.15) is 103 Å². The Labute approximate surface area is 266 Å². The molecule has 10 heteroatoms. The third-order valence-corrected chi connectivity index (χ3v) is 8.74. The van der Waals surface area contributed by atoms with E-state index < -0.39 is 11.3 Å². The summed E-state index contributed by atoms with van der Waals surface area (Å²) in [5.74, 6) is 1.70. The number of rotatable bonds is 12. The van der Waals surface area contributed by atoms with Crippen molar-refractivity contribution < 1.29 is 8.39 Å². The summed E-state index contributed by atoms with van der Waals surface area (Å²) in [6.07, 6.45) is 1.02. The van der Waals surface area contributed by atoms with Gasteiger partial charge in [0, 0.05) is 31.2 Å². The lowest BCUT2D eigenvalue weighted by atomic mass is 9.72. The topological polar surface area (TPSA) is 97.0 Å². The number of hydrogen-bond donors (Lipinski definition) is 1. The number of benzene rings is 2. The molecular formula is C34H49N7O2S. The molecule has 2 aromatic carbocycles. The van der Waals surface area contributed by atoms with Crippen LogP contribution < -0.4 is 13.8 Å². The summed E-state index contributed by atoms with van der Waals surface area (Å²) in [5, 5.41) is 9.17.